The Morgan fingerprint density at radius 3 is 2.00 bits per heavy atom. The Balaban J connectivity index is 1.43. The molecule has 0 aromatic heterocycles. The summed E-state index contributed by atoms with van der Waals surface area (Å²) in [5.74, 6) is 0.763. The predicted octanol–water partition coefficient (Wildman–Crippen LogP) is 3.99. The van der Waals surface area contributed by atoms with Crippen molar-refractivity contribution in [1.29, 1.82) is 0 Å². The maximum absolute atomic E-state index is 10.3. The molecule has 3 aromatic carbocycles. The van der Waals surface area contributed by atoms with Gasteiger partial charge in [0, 0.05) is 19.1 Å². The molecule has 2 atom stereocenters. The second-order valence-electron chi connectivity index (χ2n) is 7.40. The van der Waals surface area contributed by atoms with E-state index in [1.165, 1.54) is 11.1 Å². The molecular formula is C25H30N2O2. The minimum atomic E-state index is -0.567. The van der Waals surface area contributed by atoms with Crippen LogP contribution in [0.15, 0.2) is 84.9 Å². The highest BCUT2D eigenvalue weighted by Gasteiger charge is 2.14. The minimum Gasteiger partial charge on any atom is -0.491 e. The zero-order chi connectivity index (χ0) is 20.5. The first-order valence-electron chi connectivity index (χ1n) is 10.0. The Kier molecular flexibility index (Phi) is 7.82. The standard InChI is InChI=1S/C25H30N2O2/c1-27(2)25(22-11-7-4-8-12-22)18-26-17-23(28)19-29-24-15-13-21(14-16-24)20-9-5-3-6-10-20/h3-16,23,25-26,28H,17-19H2,1-2H3/t23-,25-/m1/s1. The van der Waals surface area contributed by atoms with Gasteiger partial charge in [0.05, 0.1) is 0 Å². The molecule has 0 saturated carbocycles. The van der Waals surface area contributed by atoms with Crippen LogP contribution in [0, 0.1) is 0 Å². The number of ether oxygens (including phenoxy) is 1. The normalized spacial score (nSPS) is 13.2. The van der Waals surface area contributed by atoms with Crippen molar-refractivity contribution in [2.75, 3.05) is 33.8 Å². The molecule has 0 radical (unpaired) electrons. The summed E-state index contributed by atoms with van der Waals surface area (Å²) in [4.78, 5) is 2.18. The van der Waals surface area contributed by atoms with Gasteiger partial charge in [-0.1, -0.05) is 72.8 Å². The molecule has 29 heavy (non-hydrogen) atoms. The largest absolute Gasteiger partial charge is 0.491 e. The second kappa shape index (κ2) is 10.8. The molecule has 4 nitrogen and oxygen atoms in total. The summed E-state index contributed by atoms with van der Waals surface area (Å²) in [6.07, 6.45) is -0.567. The van der Waals surface area contributed by atoms with Gasteiger partial charge in [0.25, 0.3) is 0 Å². The topological polar surface area (TPSA) is 44.7 Å². The van der Waals surface area contributed by atoms with E-state index in [4.69, 9.17) is 4.74 Å². The third-order valence-electron chi connectivity index (χ3n) is 4.93. The molecule has 0 spiro atoms. The maximum Gasteiger partial charge on any atom is 0.119 e. The number of benzene rings is 3. The fourth-order valence-electron chi connectivity index (χ4n) is 3.29. The number of hydrogen-bond acceptors (Lipinski definition) is 4. The maximum atomic E-state index is 10.3. The number of likely N-dealkylation sites (N-methyl/N-ethyl adjacent to an activating group) is 1. The summed E-state index contributed by atoms with van der Waals surface area (Å²) in [6, 6.07) is 28.9. The van der Waals surface area contributed by atoms with E-state index >= 15 is 0 Å². The monoisotopic (exact) mass is 390 g/mol. The predicted molar refractivity (Wildman–Crippen MR) is 119 cm³/mol. The zero-order valence-corrected chi connectivity index (χ0v) is 17.2. The molecular weight excluding hydrogens is 360 g/mol. The summed E-state index contributed by atoms with van der Waals surface area (Å²) in [7, 11) is 4.13. The minimum absolute atomic E-state index is 0.259. The van der Waals surface area contributed by atoms with Gasteiger partial charge in [-0.15, -0.1) is 0 Å². The van der Waals surface area contributed by atoms with Crippen LogP contribution in [0.1, 0.15) is 11.6 Å². The molecule has 152 valence electrons. The molecule has 0 unspecified atom stereocenters. The molecule has 0 aliphatic rings. The lowest BCUT2D eigenvalue weighted by Gasteiger charge is -2.25. The van der Waals surface area contributed by atoms with E-state index in [9.17, 15) is 5.11 Å². The van der Waals surface area contributed by atoms with E-state index in [0.29, 0.717) is 6.54 Å². The van der Waals surface area contributed by atoms with Gasteiger partial charge in [-0.3, -0.25) is 0 Å². The van der Waals surface area contributed by atoms with Crippen LogP contribution in [0.3, 0.4) is 0 Å². The molecule has 0 aliphatic carbocycles. The summed E-state index contributed by atoms with van der Waals surface area (Å²) in [6.45, 7) is 1.51. The van der Waals surface area contributed by atoms with Crippen molar-refractivity contribution in [2.24, 2.45) is 0 Å². The first-order valence-corrected chi connectivity index (χ1v) is 10.0. The van der Waals surface area contributed by atoms with Gasteiger partial charge >= 0.3 is 0 Å². The van der Waals surface area contributed by atoms with Crippen molar-refractivity contribution in [3.8, 4) is 16.9 Å². The second-order valence-corrected chi connectivity index (χ2v) is 7.40. The average Bonchev–Trinajstić information content (AvgIpc) is 2.76. The Morgan fingerprint density at radius 2 is 1.38 bits per heavy atom. The van der Waals surface area contributed by atoms with Crippen molar-refractivity contribution in [3.05, 3.63) is 90.5 Å². The molecule has 0 amide bonds. The van der Waals surface area contributed by atoms with Gasteiger partial charge < -0.3 is 20.1 Å². The average molecular weight is 391 g/mol. The summed E-state index contributed by atoms with van der Waals surface area (Å²) < 4.78 is 5.75. The Labute approximate surface area is 173 Å². The van der Waals surface area contributed by atoms with Crippen LogP contribution in [0.5, 0.6) is 5.75 Å². The first-order chi connectivity index (χ1) is 14.1. The lowest BCUT2D eigenvalue weighted by molar-refractivity contribution is 0.104. The summed E-state index contributed by atoms with van der Waals surface area (Å²) >= 11 is 0. The van der Waals surface area contributed by atoms with Crippen LogP contribution >= 0.6 is 0 Å². The molecule has 0 bridgehead atoms. The van der Waals surface area contributed by atoms with E-state index in [1.807, 2.05) is 48.5 Å². The number of rotatable bonds is 10. The van der Waals surface area contributed by atoms with Crippen molar-refractivity contribution in [2.45, 2.75) is 12.1 Å². The van der Waals surface area contributed by atoms with Gasteiger partial charge in [0.15, 0.2) is 0 Å². The lowest BCUT2D eigenvalue weighted by atomic mass is 10.1. The summed E-state index contributed by atoms with van der Waals surface area (Å²) in [5.41, 5.74) is 3.59. The van der Waals surface area contributed by atoms with Crippen LogP contribution in [-0.2, 0) is 0 Å². The molecule has 3 aromatic rings. The number of nitrogens with one attached hydrogen (secondary N) is 1. The molecule has 0 aliphatic heterocycles. The molecule has 0 saturated heterocycles. The van der Waals surface area contributed by atoms with Crippen molar-refractivity contribution >= 4 is 0 Å². The van der Waals surface area contributed by atoms with Gasteiger partial charge in [0.2, 0.25) is 0 Å². The Hall–Kier alpha value is -2.66. The van der Waals surface area contributed by atoms with Gasteiger partial charge in [-0.25, -0.2) is 0 Å². The number of hydrogen-bond donors (Lipinski definition) is 2. The smallest absolute Gasteiger partial charge is 0.119 e. The Bertz CT molecular complexity index is 836. The highest BCUT2D eigenvalue weighted by Crippen LogP contribution is 2.22. The summed E-state index contributed by atoms with van der Waals surface area (Å²) in [5, 5.41) is 13.6. The van der Waals surface area contributed by atoms with E-state index in [-0.39, 0.29) is 12.6 Å². The Morgan fingerprint density at radius 1 is 0.793 bits per heavy atom. The highest BCUT2D eigenvalue weighted by atomic mass is 16.5. The molecule has 3 rings (SSSR count). The third kappa shape index (κ3) is 6.43. The van der Waals surface area contributed by atoms with E-state index < -0.39 is 6.10 Å². The highest BCUT2D eigenvalue weighted by molar-refractivity contribution is 5.63. The van der Waals surface area contributed by atoms with Gasteiger partial charge in [0.1, 0.15) is 18.5 Å². The van der Waals surface area contributed by atoms with Crippen LogP contribution in [-0.4, -0.2) is 49.9 Å². The number of aliphatic hydroxyl groups is 1. The van der Waals surface area contributed by atoms with E-state index in [0.717, 1.165) is 17.9 Å². The van der Waals surface area contributed by atoms with Crippen LogP contribution < -0.4 is 10.1 Å². The van der Waals surface area contributed by atoms with E-state index in [1.54, 1.807) is 0 Å². The first kappa shape index (κ1) is 21.1. The molecule has 2 N–H and O–H groups in total. The van der Waals surface area contributed by atoms with Gasteiger partial charge in [-0.05, 0) is 42.9 Å². The zero-order valence-electron chi connectivity index (χ0n) is 17.2. The quantitative estimate of drug-likeness (QED) is 0.550. The van der Waals surface area contributed by atoms with E-state index in [2.05, 4.69) is 60.7 Å². The third-order valence-corrected chi connectivity index (χ3v) is 4.93. The molecule has 4 heteroatoms. The van der Waals surface area contributed by atoms with Crippen molar-refractivity contribution in [3.63, 3.8) is 0 Å². The molecule has 0 heterocycles. The lowest BCUT2D eigenvalue weighted by Crippen LogP contribution is -2.37. The van der Waals surface area contributed by atoms with Crippen molar-refractivity contribution in [1.82, 2.24) is 10.2 Å². The molecule has 0 fully saturated rings. The van der Waals surface area contributed by atoms with Crippen LogP contribution in [0.2, 0.25) is 0 Å². The fourth-order valence-corrected chi connectivity index (χ4v) is 3.29. The van der Waals surface area contributed by atoms with Crippen LogP contribution in [0.4, 0.5) is 0 Å². The SMILES string of the molecule is CN(C)[C@H](CNC[C@@H](O)COc1ccc(-c2ccccc2)cc1)c1ccccc1. The van der Waals surface area contributed by atoms with Crippen molar-refractivity contribution < 1.29 is 9.84 Å². The number of aliphatic hydroxyl groups excluding tert-OH is 1. The van der Waals surface area contributed by atoms with Crippen LogP contribution in [0.25, 0.3) is 11.1 Å². The van der Waals surface area contributed by atoms with Gasteiger partial charge in [-0.2, -0.15) is 0 Å². The fraction of sp³-hybridized carbons (Fsp3) is 0.280. The number of nitrogens with zero attached hydrogens (tertiary/aromatic N) is 1.